The molecule has 2 amide bonds. The molecule has 0 unspecified atom stereocenters. The average Bonchev–Trinajstić information content (AvgIpc) is 2.94. The Morgan fingerprint density at radius 3 is 2.40 bits per heavy atom. The molecule has 0 heterocycles. The Morgan fingerprint density at radius 1 is 1.05 bits per heavy atom. The maximum absolute atomic E-state index is 13.4. The number of hydrogen-bond donors (Lipinski definition) is 4. The Labute approximate surface area is 236 Å². The fourth-order valence-corrected chi connectivity index (χ4v) is 5.51. The molecule has 2 aromatic carbocycles. The fourth-order valence-electron chi connectivity index (χ4n) is 4.76. The lowest BCUT2D eigenvalue weighted by Gasteiger charge is -2.25. The van der Waals surface area contributed by atoms with E-state index in [4.69, 9.17) is 15.2 Å². The molecule has 0 saturated heterocycles. The highest BCUT2D eigenvalue weighted by atomic mass is 32.2. The number of benzene rings is 2. The van der Waals surface area contributed by atoms with Gasteiger partial charge < -0.3 is 20.5 Å². The van der Waals surface area contributed by atoms with E-state index in [1.807, 2.05) is 0 Å². The molecule has 1 aliphatic rings. The van der Waals surface area contributed by atoms with E-state index in [1.165, 1.54) is 33.4 Å². The molecule has 218 valence electrons. The van der Waals surface area contributed by atoms with E-state index in [0.29, 0.717) is 40.7 Å². The van der Waals surface area contributed by atoms with Gasteiger partial charge in [-0.05, 0) is 61.7 Å². The summed E-state index contributed by atoms with van der Waals surface area (Å²) in [4.78, 5) is 30.6. The summed E-state index contributed by atoms with van der Waals surface area (Å²) in [5.41, 5.74) is 7.85. The molecule has 3 rings (SSSR count). The number of ether oxygens (including phenoxy) is 2. The van der Waals surface area contributed by atoms with Crippen LogP contribution in [0.15, 0.2) is 46.3 Å². The number of aryl methyl sites for hydroxylation is 1. The van der Waals surface area contributed by atoms with E-state index in [-0.39, 0.29) is 17.3 Å². The number of carbonyl (C=O) groups excluding carboxylic acids is 2. The minimum absolute atomic E-state index is 0.0159. The van der Waals surface area contributed by atoms with Gasteiger partial charge in [0.15, 0.2) is 17.5 Å². The summed E-state index contributed by atoms with van der Waals surface area (Å²) in [6.45, 7) is 1.77. The Bertz CT molecular complexity index is 1340. The van der Waals surface area contributed by atoms with Gasteiger partial charge >= 0.3 is 0 Å². The summed E-state index contributed by atoms with van der Waals surface area (Å²) in [6.07, 6.45) is 5.79. The van der Waals surface area contributed by atoms with Gasteiger partial charge in [-0.3, -0.25) is 14.9 Å². The first-order valence-electron chi connectivity index (χ1n) is 13.2. The molecule has 0 aromatic heterocycles. The van der Waals surface area contributed by atoms with Gasteiger partial charge in [-0.25, -0.2) is 18.1 Å². The van der Waals surface area contributed by atoms with E-state index in [9.17, 15) is 18.0 Å². The van der Waals surface area contributed by atoms with Gasteiger partial charge in [0, 0.05) is 5.69 Å². The largest absolute Gasteiger partial charge is 0.493 e. The second kappa shape index (κ2) is 14.1. The predicted molar refractivity (Wildman–Crippen MR) is 154 cm³/mol. The number of rotatable bonds is 11. The maximum Gasteiger partial charge on any atom is 0.249 e. The lowest BCUT2D eigenvalue weighted by Crippen LogP contribution is -2.40. The summed E-state index contributed by atoms with van der Waals surface area (Å²) >= 11 is 0. The summed E-state index contributed by atoms with van der Waals surface area (Å²) in [5, 5.41) is 5.40. The molecule has 1 saturated carbocycles. The zero-order valence-electron chi connectivity index (χ0n) is 23.5. The van der Waals surface area contributed by atoms with Gasteiger partial charge in [0.2, 0.25) is 21.8 Å². The first-order chi connectivity index (χ1) is 19.1. The predicted octanol–water partition coefficient (Wildman–Crippen LogP) is 2.87. The normalized spacial score (nSPS) is 15.2. The smallest absolute Gasteiger partial charge is 0.249 e. The minimum atomic E-state index is -3.69. The maximum atomic E-state index is 13.4. The standard InChI is InChI=1S/C28H39N5O6S/c1-18-10-12-21(40(36,37)30-2)17-22(18)31-27(35)23(14-19-8-6-5-7-9-19)32-28(29)33-26(34)16-20-11-13-24(38-3)25(15-20)39-4/h10-13,15,17,19,23,30H,5-9,14,16H2,1-4H3,(H,31,35)(H3,29,32,33,34)/t23-/m1/s1. The Balaban J connectivity index is 1.77. The molecule has 1 fully saturated rings. The van der Waals surface area contributed by atoms with E-state index in [1.54, 1.807) is 31.2 Å². The zero-order chi connectivity index (χ0) is 29.3. The van der Waals surface area contributed by atoms with Crippen LogP contribution in [0.3, 0.4) is 0 Å². The Kier molecular flexibility index (Phi) is 10.9. The van der Waals surface area contributed by atoms with Gasteiger partial charge in [0.25, 0.3) is 0 Å². The third kappa shape index (κ3) is 8.43. The molecule has 11 nitrogen and oxygen atoms in total. The van der Waals surface area contributed by atoms with Crippen molar-refractivity contribution in [2.75, 3.05) is 26.6 Å². The molecule has 1 atom stereocenters. The molecule has 5 N–H and O–H groups in total. The van der Waals surface area contributed by atoms with Crippen molar-refractivity contribution in [3.8, 4) is 11.5 Å². The lowest BCUT2D eigenvalue weighted by molar-refractivity contribution is -0.119. The highest BCUT2D eigenvalue weighted by Crippen LogP contribution is 2.29. The Hall–Kier alpha value is -3.64. The number of nitrogens with two attached hydrogens (primary N) is 1. The van der Waals surface area contributed by atoms with Crippen LogP contribution >= 0.6 is 0 Å². The number of hydrogen-bond acceptors (Lipinski definition) is 7. The summed E-state index contributed by atoms with van der Waals surface area (Å²) in [7, 11) is 0.676. The SMILES string of the molecule is CNS(=O)(=O)c1ccc(C)c(NC(=O)[C@@H](CC2CCCCC2)N=C(N)NC(=O)Cc2ccc(OC)c(OC)c2)c1. The van der Waals surface area contributed by atoms with Crippen molar-refractivity contribution < 1.29 is 27.5 Å². The van der Waals surface area contributed by atoms with Crippen LogP contribution in [-0.4, -0.2) is 53.5 Å². The third-order valence-electron chi connectivity index (χ3n) is 7.00. The van der Waals surface area contributed by atoms with Crippen molar-refractivity contribution >= 4 is 33.5 Å². The highest BCUT2D eigenvalue weighted by Gasteiger charge is 2.26. The average molecular weight is 574 g/mol. The van der Waals surface area contributed by atoms with Gasteiger partial charge in [-0.1, -0.05) is 44.2 Å². The third-order valence-corrected chi connectivity index (χ3v) is 8.42. The van der Waals surface area contributed by atoms with Gasteiger partial charge in [-0.2, -0.15) is 0 Å². The molecule has 0 bridgehead atoms. The van der Waals surface area contributed by atoms with Crippen molar-refractivity contribution in [3.05, 3.63) is 47.5 Å². The minimum Gasteiger partial charge on any atom is -0.493 e. The van der Waals surface area contributed by atoms with E-state index >= 15 is 0 Å². The second-order valence-electron chi connectivity index (χ2n) is 9.86. The first kappa shape index (κ1) is 30.9. The van der Waals surface area contributed by atoms with Crippen LogP contribution in [0.4, 0.5) is 5.69 Å². The van der Waals surface area contributed by atoms with Crippen molar-refractivity contribution in [3.63, 3.8) is 0 Å². The number of methoxy groups -OCH3 is 2. The number of amides is 2. The first-order valence-corrected chi connectivity index (χ1v) is 14.7. The molecule has 2 aromatic rings. The second-order valence-corrected chi connectivity index (χ2v) is 11.7. The van der Waals surface area contributed by atoms with E-state index < -0.39 is 27.9 Å². The summed E-state index contributed by atoms with van der Waals surface area (Å²) < 4.78 is 37.4. The van der Waals surface area contributed by atoms with E-state index in [0.717, 1.165) is 32.1 Å². The number of anilines is 1. The van der Waals surface area contributed by atoms with Crippen molar-refractivity contribution in [2.24, 2.45) is 16.6 Å². The number of carbonyl (C=O) groups is 2. The molecule has 12 heteroatoms. The van der Waals surface area contributed by atoms with Gasteiger partial charge in [0.1, 0.15) is 6.04 Å². The fraction of sp³-hybridized carbons (Fsp3) is 0.464. The molecule has 40 heavy (non-hydrogen) atoms. The van der Waals surface area contributed by atoms with Gasteiger partial charge in [-0.15, -0.1) is 0 Å². The number of guanidine groups is 1. The molecule has 0 aliphatic heterocycles. The van der Waals surface area contributed by atoms with Crippen LogP contribution in [0.1, 0.15) is 49.7 Å². The van der Waals surface area contributed by atoms with Gasteiger partial charge in [0.05, 0.1) is 25.5 Å². The molecule has 1 aliphatic carbocycles. The molecule has 0 spiro atoms. The lowest BCUT2D eigenvalue weighted by atomic mass is 9.84. The van der Waals surface area contributed by atoms with Crippen LogP contribution in [-0.2, 0) is 26.0 Å². The zero-order valence-corrected chi connectivity index (χ0v) is 24.3. The van der Waals surface area contributed by atoms with Crippen LogP contribution in [0.5, 0.6) is 11.5 Å². The number of aliphatic imine (C=N–C) groups is 1. The molecular formula is C28H39N5O6S. The number of nitrogens with one attached hydrogen (secondary N) is 3. The monoisotopic (exact) mass is 573 g/mol. The van der Waals surface area contributed by atoms with E-state index in [2.05, 4.69) is 20.3 Å². The van der Waals surface area contributed by atoms with Crippen LogP contribution in [0.25, 0.3) is 0 Å². The number of nitrogens with zero attached hydrogens (tertiary/aromatic N) is 1. The van der Waals surface area contributed by atoms with Crippen LogP contribution in [0, 0.1) is 12.8 Å². The van der Waals surface area contributed by atoms with Crippen molar-refractivity contribution in [1.82, 2.24) is 10.0 Å². The van der Waals surface area contributed by atoms with Crippen LogP contribution in [0.2, 0.25) is 0 Å². The van der Waals surface area contributed by atoms with Crippen molar-refractivity contribution in [2.45, 2.75) is 62.8 Å². The Morgan fingerprint density at radius 2 is 1.75 bits per heavy atom. The van der Waals surface area contributed by atoms with Crippen LogP contribution < -0.4 is 30.6 Å². The quantitative estimate of drug-likeness (QED) is 0.237. The highest BCUT2D eigenvalue weighted by molar-refractivity contribution is 7.89. The molecule has 0 radical (unpaired) electrons. The number of sulfonamides is 1. The summed E-state index contributed by atoms with van der Waals surface area (Å²) in [6, 6.07) is 8.81. The summed E-state index contributed by atoms with van der Waals surface area (Å²) in [5.74, 6) is 0.357. The van der Waals surface area contributed by atoms with Crippen molar-refractivity contribution in [1.29, 1.82) is 0 Å². The molecular weight excluding hydrogens is 534 g/mol. The topological polar surface area (TPSA) is 161 Å².